The van der Waals surface area contributed by atoms with Gasteiger partial charge in [0.2, 0.25) is 0 Å². The number of amides is 1. The van der Waals surface area contributed by atoms with Gasteiger partial charge in [0, 0.05) is 5.69 Å². The van der Waals surface area contributed by atoms with E-state index in [-0.39, 0.29) is 16.3 Å². The molecule has 0 spiro atoms. The molecule has 5 heteroatoms. The number of ether oxygens (including phenoxy) is 1. The van der Waals surface area contributed by atoms with E-state index in [4.69, 9.17) is 16.3 Å². The van der Waals surface area contributed by atoms with Gasteiger partial charge >= 0.3 is 0 Å². The Kier molecular flexibility index (Phi) is 6.07. The molecule has 0 aromatic heterocycles. The normalized spacial score (nSPS) is 12.6. The van der Waals surface area contributed by atoms with Gasteiger partial charge in [0.25, 0.3) is 5.91 Å². The van der Waals surface area contributed by atoms with E-state index in [2.05, 4.69) is 26.1 Å². The Labute approximate surface area is 153 Å². The maximum absolute atomic E-state index is 13.2. The molecule has 0 aliphatic heterocycles. The first-order chi connectivity index (χ1) is 11.7. The Bertz CT molecular complexity index is 738. The number of nitrogens with one attached hydrogen (secondary N) is 1. The van der Waals surface area contributed by atoms with Gasteiger partial charge in [-0.3, -0.25) is 4.79 Å². The Morgan fingerprint density at radius 3 is 2.36 bits per heavy atom. The lowest BCUT2D eigenvalue weighted by Crippen LogP contribution is -2.32. The van der Waals surface area contributed by atoms with Gasteiger partial charge in [-0.15, -0.1) is 0 Å². The quantitative estimate of drug-likeness (QED) is 0.753. The molecule has 1 N–H and O–H groups in total. The highest BCUT2D eigenvalue weighted by Crippen LogP contribution is 2.25. The molecule has 0 saturated heterocycles. The molecule has 0 saturated carbocycles. The summed E-state index contributed by atoms with van der Waals surface area (Å²) in [6.45, 7) is 8.28. The third-order valence-corrected chi connectivity index (χ3v) is 4.14. The lowest BCUT2D eigenvalue weighted by Gasteiger charge is -2.21. The standard InChI is InChI=1S/C20H23ClFNO2/c1-5-18(19(24)23-14-8-11-17(22)16(21)12-14)25-15-9-6-13(7-10-15)20(2,3)4/h6-12,18H,5H2,1-4H3,(H,23,24)/t18-/m0/s1. The van der Waals surface area contributed by atoms with Crippen molar-refractivity contribution >= 4 is 23.2 Å². The Balaban J connectivity index is 2.05. The minimum absolute atomic E-state index is 0.0375. The summed E-state index contributed by atoms with van der Waals surface area (Å²) in [4.78, 5) is 12.4. The van der Waals surface area contributed by atoms with Gasteiger partial charge in [-0.05, 0) is 47.7 Å². The molecular formula is C20H23ClFNO2. The highest BCUT2D eigenvalue weighted by molar-refractivity contribution is 6.31. The summed E-state index contributed by atoms with van der Waals surface area (Å²) in [6.07, 6.45) is -0.147. The van der Waals surface area contributed by atoms with E-state index in [1.807, 2.05) is 31.2 Å². The molecule has 1 atom stereocenters. The largest absolute Gasteiger partial charge is 0.481 e. The zero-order valence-corrected chi connectivity index (χ0v) is 15.7. The molecule has 2 rings (SSSR count). The minimum Gasteiger partial charge on any atom is -0.481 e. The van der Waals surface area contributed by atoms with Crippen LogP contribution in [0, 0.1) is 5.82 Å². The smallest absolute Gasteiger partial charge is 0.265 e. The molecule has 3 nitrogen and oxygen atoms in total. The number of carbonyl (C=O) groups excluding carboxylic acids is 1. The van der Waals surface area contributed by atoms with Crippen molar-refractivity contribution < 1.29 is 13.9 Å². The van der Waals surface area contributed by atoms with Crippen LogP contribution in [0.2, 0.25) is 5.02 Å². The molecule has 0 heterocycles. The van der Waals surface area contributed by atoms with Crippen molar-refractivity contribution in [2.75, 3.05) is 5.32 Å². The lowest BCUT2D eigenvalue weighted by atomic mass is 9.87. The van der Waals surface area contributed by atoms with Crippen LogP contribution in [-0.2, 0) is 10.2 Å². The number of anilines is 1. The van der Waals surface area contributed by atoms with Crippen molar-refractivity contribution in [3.8, 4) is 5.75 Å². The fourth-order valence-corrected chi connectivity index (χ4v) is 2.50. The van der Waals surface area contributed by atoms with E-state index < -0.39 is 11.9 Å². The molecule has 1 amide bonds. The number of rotatable bonds is 5. The van der Waals surface area contributed by atoms with E-state index >= 15 is 0 Å². The molecule has 0 aliphatic carbocycles. The average molecular weight is 364 g/mol. The van der Waals surface area contributed by atoms with Crippen molar-refractivity contribution in [3.05, 3.63) is 58.9 Å². The van der Waals surface area contributed by atoms with Crippen LogP contribution in [0.25, 0.3) is 0 Å². The first-order valence-corrected chi connectivity index (χ1v) is 8.61. The summed E-state index contributed by atoms with van der Waals surface area (Å²) in [5.41, 5.74) is 1.68. The van der Waals surface area contributed by atoms with Crippen LogP contribution in [0.1, 0.15) is 39.7 Å². The van der Waals surface area contributed by atoms with E-state index in [1.54, 1.807) is 0 Å². The van der Waals surface area contributed by atoms with Gasteiger partial charge in [0.15, 0.2) is 6.10 Å². The molecular weight excluding hydrogens is 341 g/mol. The number of hydrogen-bond donors (Lipinski definition) is 1. The fourth-order valence-electron chi connectivity index (χ4n) is 2.32. The van der Waals surface area contributed by atoms with E-state index in [0.29, 0.717) is 17.9 Å². The molecule has 0 unspecified atom stereocenters. The zero-order chi connectivity index (χ0) is 18.6. The highest BCUT2D eigenvalue weighted by Gasteiger charge is 2.20. The van der Waals surface area contributed by atoms with Crippen LogP contribution in [0.4, 0.5) is 10.1 Å². The number of hydrogen-bond acceptors (Lipinski definition) is 2. The van der Waals surface area contributed by atoms with Crippen LogP contribution in [0.3, 0.4) is 0 Å². The van der Waals surface area contributed by atoms with Crippen LogP contribution in [-0.4, -0.2) is 12.0 Å². The SMILES string of the molecule is CC[C@H](Oc1ccc(C(C)(C)C)cc1)C(=O)Nc1ccc(F)c(Cl)c1. The maximum Gasteiger partial charge on any atom is 0.265 e. The molecule has 0 bridgehead atoms. The van der Waals surface area contributed by atoms with Crippen molar-refractivity contribution in [2.45, 2.75) is 45.6 Å². The summed E-state index contributed by atoms with van der Waals surface area (Å²) >= 11 is 5.73. The van der Waals surface area contributed by atoms with Gasteiger partial charge in [-0.1, -0.05) is 51.4 Å². The van der Waals surface area contributed by atoms with E-state index in [9.17, 15) is 9.18 Å². The zero-order valence-electron chi connectivity index (χ0n) is 14.9. The summed E-state index contributed by atoms with van der Waals surface area (Å²) in [7, 11) is 0. The van der Waals surface area contributed by atoms with Gasteiger partial charge in [-0.2, -0.15) is 0 Å². The summed E-state index contributed by atoms with van der Waals surface area (Å²) < 4.78 is 19.0. The fraction of sp³-hybridized carbons (Fsp3) is 0.350. The molecule has 134 valence electrons. The first-order valence-electron chi connectivity index (χ1n) is 8.24. The van der Waals surface area contributed by atoms with Crippen molar-refractivity contribution in [1.29, 1.82) is 0 Å². The summed E-state index contributed by atoms with van der Waals surface area (Å²) in [5.74, 6) is -0.195. The van der Waals surface area contributed by atoms with Crippen molar-refractivity contribution in [3.63, 3.8) is 0 Å². The maximum atomic E-state index is 13.2. The second-order valence-corrected chi connectivity index (χ2v) is 7.31. The summed E-state index contributed by atoms with van der Waals surface area (Å²) in [5, 5.41) is 2.66. The van der Waals surface area contributed by atoms with Gasteiger partial charge < -0.3 is 10.1 Å². The predicted octanol–water partition coefficient (Wildman–Crippen LogP) is 5.57. The van der Waals surface area contributed by atoms with Crippen LogP contribution < -0.4 is 10.1 Å². The number of carbonyl (C=O) groups is 1. The van der Waals surface area contributed by atoms with Crippen molar-refractivity contribution in [2.24, 2.45) is 0 Å². The van der Waals surface area contributed by atoms with E-state index in [0.717, 1.165) is 0 Å². The molecule has 0 radical (unpaired) electrons. The second-order valence-electron chi connectivity index (χ2n) is 6.91. The first kappa shape index (κ1) is 19.3. The molecule has 25 heavy (non-hydrogen) atoms. The third kappa shape index (κ3) is 5.20. The second kappa shape index (κ2) is 7.87. The Morgan fingerprint density at radius 2 is 1.84 bits per heavy atom. The van der Waals surface area contributed by atoms with Crippen LogP contribution in [0.15, 0.2) is 42.5 Å². The molecule has 2 aromatic rings. The van der Waals surface area contributed by atoms with E-state index in [1.165, 1.54) is 23.8 Å². The Hall–Kier alpha value is -2.07. The van der Waals surface area contributed by atoms with Gasteiger partial charge in [0.05, 0.1) is 5.02 Å². The molecule has 0 aliphatic rings. The Morgan fingerprint density at radius 1 is 1.20 bits per heavy atom. The van der Waals surface area contributed by atoms with Gasteiger partial charge in [-0.25, -0.2) is 4.39 Å². The van der Waals surface area contributed by atoms with Crippen LogP contribution in [0.5, 0.6) is 5.75 Å². The van der Waals surface area contributed by atoms with Gasteiger partial charge in [0.1, 0.15) is 11.6 Å². The topological polar surface area (TPSA) is 38.3 Å². The van der Waals surface area contributed by atoms with Crippen molar-refractivity contribution in [1.82, 2.24) is 0 Å². The number of halogens is 2. The minimum atomic E-state index is -0.649. The molecule has 0 fully saturated rings. The lowest BCUT2D eigenvalue weighted by molar-refractivity contribution is -0.122. The molecule has 2 aromatic carbocycles. The summed E-state index contributed by atoms with van der Waals surface area (Å²) in [6, 6.07) is 11.8. The third-order valence-electron chi connectivity index (χ3n) is 3.85. The number of benzene rings is 2. The monoisotopic (exact) mass is 363 g/mol. The highest BCUT2D eigenvalue weighted by atomic mass is 35.5. The average Bonchev–Trinajstić information content (AvgIpc) is 2.55. The van der Waals surface area contributed by atoms with Crippen LogP contribution >= 0.6 is 11.6 Å². The predicted molar refractivity (Wildman–Crippen MR) is 99.9 cm³/mol.